The van der Waals surface area contributed by atoms with Crippen LogP contribution in [-0.4, -0.2) is 53.1 Å². The monoisotopic (exact) mass is 541 g/mol. The lowest BCUT2D eigenvalue weighted by Crippen LogP contribution is -2.38. The summed E-state index contributed by atoms with van der Waals surface area (Å²) in [4.78, 5) is 22.3. The number of aryl methyl sites for hydroxylation is 1. The first-order valence-corrected chi connectivity index (χ1v) is 13.4. The summed E-state index contributed by atoms with van der Waals surface area (Å²) in [5.74, 6) is 1.32. The third kappa shape index (κ3) is 6.21. The first kappa shape index (κ1) is 27.1. The zero-order chi connectivity index (χ0) is 27.6. The fourth-order valence-corrected chi connectivity index (χ4v) is 5.24. The second kappa shape index (κ2) is 11.3. The Labute approximate surface area is 226 Å². The number of carbonyl (C=O) groups is 1. The van der Waals surface area contributed by atoms with Gasteiger partial charge in [-0.2, -0.15) is 13.2 Å². The molecule has 1 aromatic heterocycles. The molecular formula is C29H34F3N5O2. The van der Waals surface area contributed by atoms with Gasteiger partial charge in [-0.3, -0.25) is 9.69 Å². The molecule has 7 nitrogen and oxygen atoms in total. The van der Waals surface area contributed by atoms with E-state index in [2.05, 4.69) is 38.9 Å². The molecule has 0 spiro atoms. The molecular weight excluding hydrogens is 507 g/mol. The Balaban J connectivity index is 1.12. The van der Waals surface area contributed by atoms with Crippen molar-refractivity contribution in [3.8, 4) is 5.75 Å². The van der Waals surface area contributed by atoms with Crippen LogP contribution in [0.5, 0.6) is 5.75 Å². The van der Waals surface area contributed by atoms with Gasteiger partial charge in [-0.15, -0.1) is 0 Å². The maximum absolute atomic E-state index is 13.1. The van der Waals surface area contributed by atoms with Crippen molar-refractivity contribution in [1.29, 1.82) is 0 Å². The van der Waals surface area contributed by atoms with Crippen LogP contribution in [-0.2, 0) is 32.2 Å². The summed E-state index contributed by atoms with van der Waals surface area (Å²) in [5.41, 5.74) is 2.97. The second-order valence-electron chi connectivity index (χ2n) is 10.2. The molecule has 0 aliphatic carbocycles. The average molecular weight is 542 g/mol. The highest BCUT2D eigenvalue weighted by Gasteiger charge is 2.30. The van der Waals surface area contributed by atoms with E-state index in [1.165, 1.54) is 12.1 Å². The number of ether oxygens (including phenoxy) is 1. The molecule has 2 aliphatic rings. The number of fused-ring (bicyclic) bond motifs is 1. The highest BCUT2D eigenvalue weighted by Crippen LogP contribution is 2.31. The normalized spacial score (nSPS) is 16.7. The maximum Gasteiger partial charge on any atom is 0.416 e. The summed E-state index contributed by atoms with van der Waals surface area (Å²) in [7, 11) is 2.06. The third-order valence-electron chi connectivity index (χ3n) is 7.47. The van der Waals surface area contributed by atoms with Gasteiger partial charge in [0.2, 0.25) is 0 Å². The van der Waals surface area contributed by atoms with E-state index in [4.69, 9.17) is 9.72 Å². The zero-order valence-electron chi connectivity index (χ0n) is 22.3. The minimum atomic E-state index is -4.35. The quantitative estimate of drug-likeness (QED) is 0.462. The number of nitrogens with zero attached hydrogens (tertiary/aromatic N) is 4. The van der Waals surface area contributed by atoms with Gasteiger partial charge in [0.1, 0.15) is 23.4 Å². The van der Waals surface area contributed by atoms with Crippen LogP contribution in [0.3, 0.4) is 0 Å². The van der Waals surface area contributed by atoms with E-state index >= 15 is 0 Å². The first-order valence-electron chi connectivity index (χ1n) is 13.4. The van der Waals surface area contributed by atoms with Crippen molar-refractivity contribution >= 4 is 11.6 Å². The summed E-state index contributed by atoms with van der Waals surface area (Å²) in [5, 5.41) is 3.07. The lowest BCUT2D eigenvalue weighted by molar-refractivity contribution is -0.137. The molecule has 0 radical (unpaired) electrons. The number of alkyl halides is 3. The smallest absolute Gasteiger partial charge is 0.416 e. The number of hydrogen-bond acceptors (Lipinski definition) is 5. The maximum atomic E-state index is 13.1. The molecule has 0 atom stereocenters. The van der Waals surface area contributed by atoms with E-state index in [-0.39, 0.29) is 12.0 Å². The van der Waals surface area contributed by atoms with E-state index in [1.54, 1.807) is 0 Å². The molecule has 0 unspecified atom stereocenters. The van der Waals surface area contributed by atoms with Gasteiger partial charge >= 0.3 is 6.18 Å². The van der Waals surface area contributed by atoms with Crippen molar-refractivity contribution in [3.63, 3.8) is 0 Å². The van der Waals surface area contributed by atoms with Gasteiger partial charge in [-0.1, -0.05) is 19.1 Å². The standard InChI is InChI=1S/C29H34F3N5O2/c1-3-25-27(37-17-16-35(2)19-26(37)34-25)28(38)33-18-20-4-8-22(9-5-20)36-14-12-24(13-15-36)39-23-10-6-21(7-11-23)29(30,31)32/h4-11,24H,3,12-19H2,1-2H3,(H,33,38). The molecule has 2 aliphatic heterocycles. The van der Waals surface area contributed by atoms with Crippen LogP contribution in [0, 0.1) is 0 Å². The van der Waals surface area contributed by atoms with Gasteiger partial charge in [0.25, 0.3) is 5.91 Å². The number of imidazole rings is 1. The molecule has 1 amide bonds. The van der Waals surface area contributed by atoms with Crippen molar-refractivity contribution in [2.75, 3.05) is 31.6 Å². The number of benzene rings is 2. The topological polar surface area (TPSA) is 62.6 Å². The molecule has 0 bridgehead atoms. The predicted molar refractivity (Wildman–Crippen MR) is 143 cm³/mol. The van der Waals surface area contributed by atoms with E-state index in [0.717, 1.165) is 80.5 Å². The van der Waals surface area contributed by atoms with Crippen molar-refractivity contribution in [3.05, 3.63) is 76.9 Å². The van der Waals surface area contributed by atoms with Crippen LogP contribution in [0.4, 0.5) is 18.9 Å². The molecule has 0 saturated carbocycles. The highest BCUT2D eigenvalue weighted by molar-refractivity contribution is 5.94. The number of piperidine rings is 1. The van der Waals surface area contributed by atoms with Crippen molar-refractivity contribution in [2.45, 2.75) is 58.1 Å². The largest absolute Gasteiger partial charge is 0.490 e. The average Bonchev–Trinajstić information content (AvgIpc) is 3.30. The van der Waals surface area contributed by atoms with Gasteiger partial charge in [-0.25, -0.2) is 4.98 Å². The number of halogens is 3. The number of hydrogen-bond donors (Lipinski definition) is 1. The molecule has 1 saturated heterocycles. The number of nitrogens with one attached hydrogen (secondary N) is 1. The number of rotatable bonds is 7. The Kier molecular flexibility index (Phi) is 7.83. The fraction of sp³-hybridized carbons (Fsp3) is 0.448. The van der Waals surface area contributed by atoms with Crippen LogP contribution >= 0.6 is 0 Å². The number of likely N-dealkylation sites (N-methyl/N-ethyl adjacent to an activating group) is 1. The summed E-state index contributed by atoms with van der Waals surface area (Å²) < 4.78 is 46.3. The van der Waals surface area contributed by atoms with Crippen molar-refractivity contribution in [2.24, 2.45) is 0 Å². The Morgan fingerprint density at radius 2 is 1.72 bits per heavy atom. The van der Waals surface area contributed by atoms with Gasteiger partial charge in [-0.05, 0) is 55.4 Å². The minimum absolute atomic E-state index is 0.0322. The van der Waals surface area contributed by atoms with Gasteiger partial charge < -0.3 is 19.5 Å². The molecule has 10 heteroatoms. The fourth-order valence-electron chi connectivity index (χ4n) is 5.24. The van der Waals surface area contributed by atoms with Crippen molar-refractivity contribution in [1.82, 2.24) is 19.8 Å². The molecule has 1 N–H and O–H groups in total. The van der Waals surface area contributed by atoms with Crippen LogP contribution in [0.25, 0.3) is 0 Å². The molecule has 5 rings (SSSR count). The lowest BCUT2D eigenvalue weighted by Gasteiger charge is -2.33. The van der Waals surface area contributed by atoms with E-state index in [1.807, 2.05) is 19.1 Å². The Morgan fingerprint density at radius 1 is 1.03 bits per heavy atom. The first-order chi connectivity index (χ1) is 18.7. The third-order valence-corrected chi connectivity index (χ3v) is 7.47. The van der Waals surface area contributed by atoms with Gasteiger partial charge in [0.05, 0.1) is 17.8 Å². The van der Waals surface area contributed by atoms with Crippen LogP contribution in [0.15, 0.2) is 48.5 Å². The zero-order valence-corrected chi connectivity index (χ0v) is 22.3. The van der Waals surface area contributed by atoms with Crippen molar-refractivity contribution < 1.29 is 22.7 Å². The predicted octanol–water partition coefficient (Wildman–Crippen LogP) is 4.89. The van der Waals surface area contributed by atoms with E-state index < -0.39 is 11.7 Å². The number of carbonyl (C=O) groups excluding carboxylic acids is 1. The minimum Gasteiger partial charge on any atom is -0.490 e. The highest BCUT2D eigenvalue weighted by atomic mass is 19.4. The number of aromatic nitrogens is 2. The summed E-state index contributed by atoms with van der Waals surface area (Å²) in [6.45, 7) is 6.46. The summed E-state index contributed by atoms with van der Waals surface area (Å²) in [6, 6.07) is 13.1. The SMILES string of the molecule is CCc1nc2n(c1C(=O)NCc1ccc(N3CCC(Oc4ccc(C(F)(F)F)cc4)CC3)cc1)CCN(C)C2. The Hall–Kier alpha value is -3.53. The number of anilines is 1. The Morgan fingerprint density at radius 3 is 2.36 bits per heavy atom. The van der Waals surface area contributed by atoms with Crippen LogP contribution < -0.4 is 15.0 Å². The summed E-state index contributed by atoms with van der Waals surface area (Å²) in [6.07, 6.45) is -2.10. The second-order valence-corrected chi connectivity index (χ2v) is 10.2. The van der Waals surface area contributed by atoms with E-state index in [9.17, 15) is 18.0 Å². The molecule has 39 heavy (non-hydrogen) atoms. The molecule has 3 aromatic rings. The van der Waals surface area contributed by atoms with E-state index in [0.29, 0.717) is 24.4 Å². The molecule has 2 aromatic carbocycles. The Bertz CT molecular complexity index is 1280. The van der Waals surface area contributed by atoms with Crippen LogP contribution in [0.2, 0.25) is 0 Å². The summed E-state index contributed by atoms with van der Waals surface area (Å²) >= 11 is 0. The van der Waals surface area contributed by atoms with Gasteiger partial charge in [0.15, 0.2) is 0 Å². The number of amides is 1. The molecule has 3 heterocycles. The molecule has 208 valence electrons. The lowest BCUT2D eigenvalue weighted by atomic mass is 10.1. The van der Waals surface area contributed by atoms with Gasteiger partial charge in [0, 0.05) is 51.3 Å². The van der Waals surface area contributed by atoms with Crippen LogP contribution in [0.1, 0.15) is 52.9 Å². The molecule has 1 fully saturated rings.